The average molecular weight is 224 g/mol. The third-order valence-electron chi connectivity index (χ3n) is 2.56. The largest absolute Gasteiger partial charge is 0.392 e. The van der Waals surface area contributed by atoms with Crippen molar-refractivity contribution in [3.05, 3.63) is 34.5 Å². The molecule has 0 aliphatic carbocycles. The number of aryl methyl sites for hydroxylation is 1. The maximum absolute atomic E-state index is 13.5. The molecule has 0 saturated heterocycles. The highest BCUT2D eigenvalue weighted by Gasteiger charge is 2.14. The fourth-order valence-corrected chi connectivity index (χ4v) is 1.87. The highest BCUT2D eigenvalue weighted by Crippen LogP contribution is 2.16. The summed E-state index contributed by atoms with van der Waals surface area (Å²) in [6.45, 7) is 1.75. The van der Waals surface area contributed by atoms with Crippen molar-refractivity contribution in [2.75, 3.05) is 0 Å². The molecule has 0 aliphatic rings. The quantitative estimate of drug-likeness (QED) is 0.822. The predicted molar refractivity (Wildman–Crippen MR) is 58.8 cm³/mol. The lowest BCUT2D eigenvalue weighted by atomic mass is 10.3. The van der Waals surface area contributed by atoms with Crippen LogP contribution >= 0.6 is 0 Å². The molecular weight excluding hydrogens is 211 g/mol. The summed E-state index contributed by atoms with van der Waals surface area (Å²) in [6.07, 6.45) is -0.647. The van der Waals surface area contributed by atoms with Crippen LogP contribution in [0.3, 0.4) is 0 Å². The maximum Gasteiger partial charge on any atom is 0.329 e. The van der Waals surface area contributed by atoms with E-state index >= 15 is 0 Å². The summed E-state index contributed by atoms with van der Waals surface area (Å²) in [5.74, 6) is -0.429. The zero-order chi connectivity index (χ0) is 11.9. The predicted octanol–water partition coefficient (Wildman–Crippen LogP) is 0.860. The van der Waals surface area contributed by atoms with E-state index in [1.165, 1.54) is 22.2 Å². The van der Waals surface area contributed by atoms with E-state index < -0.39 is 11.9 Å². The van der Waals surface area contributed by atoms with Crippen LogP contribution in [0.4, 0.5) is 4.39 Å². The summed E-state index contributed by atoms with van der Waals surface area (Å²) < 4.78 is 16.2. The fourth-order valence-electron chi connectivity index (χ4n) is 1.87. The molecule has 2 rings (SSSR count). The van der Waals surface area contributed by atoms with Gasteiger partial charge in [-0.15, -0.1) is 0 Å². The molecular formula is C11H13FN2O2. The molecule has 1 aromatic carbocycles. The van der Waals surface area contributed by atoms with Gasteiger partial charge in [0.2, 0.25) is 0 Å². The lowest BCUT2D eigenvalue weighted by molar-refractivity contribution is 0.173. The molecule has 1 unspecified atom stereocenters. The van der Waals surface area contributed by atoms with Crippen molar-refractivity contribution < 1.29 is 9.50 Å². The normalized spacial score (nSPS) is 13.2. The number of aliphatic hydroxyl groups excluding tert-OH is 1. The molecule has 0 saturated carbocycles. The Hall–Kier alpha value is -1.62. The van der Waals surface area contributed by atoms with Crippen LogP contribution in [0.15, 0.2) is 23.0 Å². The summed E-state index contributed by atoms with van der Waals surface area (Å²) in [5.41, 5.74) is 0.461. The van der Waals surface area contributed by atoms with Gasteiger partial charge in [-0.2, -0.15) is 0 Å². The number of hydrogen-bond acceptors (Lipinski definition) is 2. The molecule has 2 aromatic rings. The SMILES string of the molecule is CC(O)Cn1c(=O)n(C)c2c(F)cccc21. The fraction of sp³-hybridized carbons (Fsp3) is 0.364. The lowest BCUT2D eigenvalue weighted by Gasteiger charge is -2.05. The van der Waals surface area contributed by atoms with Gasteiger partial charge in [-0.3, -0.25) is 9.13 Å². The molecule has 0 radical (unpaired) electrons. The van der Waals surface area contributed by atoms with Gasteiger partial charge in [-0.25, -0.2) is 9.18 Å². The topological polar surface area (TPSA) is 47.2 Å². The van der Waals surface area contributed by atoms with Gasteiger partial charge < -0.3 is 5.11 Å². The van der Waals surface area contributed by atoms with Crippen molar-refractivity contribution in [2.45, 2.75) is 19.6 Å². The molecule has 16 heavy (non-hydrogen) atoms. The smallest absolute Gasteiger partial charge is 0.329 e. The minimum atomic E-state index is -0.647. The van der Waals surface area contributed by atoms with Crippen molar-refractivity contribution in [2.24, 2.45) is 7.05 Å². The molecule has 0 amide bonds. The molecule has 5 heteroatoms. The zero-order valence-corrected chi connectivity index (χ0v) is 9.14. The van der Waals surface area contributed by atoms with Crippen LogP contribution in [-0.2, 0) is 13.6 Å². The average Bonchev–Trinajstić information content (AvgIpc) is 2.44. The molecule has 0 spiro atoms. The Balaban J connectivity index is 2.79. The lowest BCUT2D eigenvalue weighted by Crippen LogP contribution is -2.26. The van der Waals surface area contributed by atoms with E-state index in [2.05, 4.69) is 0 Å². The number of fused-ring (bicyclic) bond motifs is 1. The Morgan fingerprint density at radius 2 is 2.19 bits per heavy atom. The van der Waals surface area contributed by atoms with Gasteiger partial charge in [0.15, 0.2) is 0 Å². The van der Waals surface area contributed by atoms with E-state index in [9.17, 15) is 14.3 Å². The number of nitrogens with zero attached hydrogens (tertiary/aromatic N) is 2. The molecule has 1 atom stereocenters. The minimum absolute atomic E-state index is 0.166. The highest BCUT2D eigenvalue weighted by molar-refractivity contribution is 5.76. The minimum Gasteiger partial charge on any atom is -0.392 e. The number of benzene rings is 1. The van der Waals surface area contributed by atoms with Crippen LogP contribution < -0.4 is 5.69 Å². The van der Waals surface area contributed by atoms with Crippen molar-refractivity contribution in [1.29, 1.82) is 0 Å². The second-order valence-corrected chi connectivity index (χ2v) is 3.91. The number of aliphatic hydroxyl groups is 1. The summed E-state index contributed by atoms with van der Waals surface area (Å²) in [6, 6.07) is 4.53. The Morgan fingerprint density at radius 1 is 1.50 bits per heavy atom. The summed E-state index contributed by atoms with van der Waals surface area (Å²) in [7, 11) is 1.52. The van der Waals surface area contributed by atoms with E-state index in [0.717, 1.165) is 0 Å². The number of aromatic nitrogens is 2. The van der Waals surface area contributed by atoms with Crippen LogP contribution in [0.1, 0.15) is 6.92 Å². The van der Waals surface area contributed by atoms with E-state index in [1.54, 1.807) is 19.1 Å². The van der Waals surface area contributed by atoms with Gasteiger partial charge in [0.25, 0.3) is 0 Å². The van der Waals surface area contributed by atoms with Gasteiger partial charge in [0.1, 0.15) is 11.3 Å². The van der Waals surface area contributed by atoms with Crippen molar-refractivity contribution >= 4 is 11.0 Å². The van der Waals surface area contributed by atoms with E-state index in [-0.39, 0.29) is 17.8 Å². The van der Waals surface area contributed by atoms with Gasteiger partial charge >= 0.3 is 5.69 Å². The Labute approximate surface area is 91.5 Å². The third kappa shape index (κ3) is 1.53. The van der Waals surface area contributed by atoms with Crippen LogP contribution in [0.25, 0.3) is 11.0 Å². The molecule has 1 aromatic heterocycles. The van der Waals surface area contributed by atoms with Crippen LogP contribution in [0.5, 0.6) is 0 Å². The number of hydrogen-bond donors (Lipinski definition) is 1. The van der Waals surface area contributed by atoms with Gasteiger partial charge in [0.05, 0.1) is 18.2 Å². The van der Waals surface area contributed by atoms with E-state index in [4.69, 9.17) is 0 Å². The Morgan fingerprint density at radius 3 is 2.81 bits per heavy atom. The first kappa shape index (κ1) is 10.9. The first-order valence-electron chi connectivity index (χ1n) is 5.04. The molecule has 1 N–H and O–H groups in total. The number of imidazole rings is 1. The van der Waals surface area contributed by atoms with Crippen molar-refractivity contribution in [3.63, 3.8) is 0 Å². The first-order chi connectivity index (χ1) is 7.52. The van der Waals surface area contributed by atoms with Gasteiger partial charge in [0, 0.05) is 7.05 Å². The molecule has 0 bridgehead atoms. The highest BCUT2D eigenvalue weighted by atomic mass is 19.1. The molecule has 86 valence electrons. The van der Waals surface area contributed by atoms with Crippen LogP contribution in [-0.4, -0.2) is 20.3 Å². The monoisotopic (exact) mass is 224 g/mol. The number of halogens is 1. The van der Waals surface area contributed by atoms with Crippen molar-refractivity contribution in [3.8, 4) is 0 Å². The summed E-state index contributed by atoms with van der Waals surface area (Å²) in [4.78, 5) is 11.8. The number of rotatable bonds is 2. The third-order valence-corrected chi connectivity index (χ3v) is 2.56. The first-order valence-corrected chi connectivity index (χ1v) is 5.04. The van der Waals surface area contributed by atoms with Crippen LogP contribution in [0.2, 0.25) is 0 Å². The zero-order valence-electron chi connectivity index (χ0n) is 9.14. The summed E-state index contributed by atoms with van der Waals surface area (Å²) >= 11 is 0. The number of para-hydroxylation sites is 1. The Bertz CT molecular complexity index is 583. The van der Waals surface area contributed by atoms with Crippen LogP contribution in [0, 0.1) is 5.82 Å². The standard InChI is InChI=1S/C11H13FN2O2/c1-7(15)6-14-9-5-3-4-8(12)10(9)13(2)11(14)16/h3-5,7,15H,6H2,1-2H3. The summed E-state index contributed by atoms with van der Waals surface area (Å²) in [5, 5.41) is 9.31. The van der Waals surface area contributed by atoms with Gasteiger partial charge in [-0.1, -0.05) is 6.07 Å². The molecule has 1 heterocycles. The van der Waals surface area contributed by atoms with Crippen molar-refractivity contribution in [1.82, 2.24) is 9.13 Å². The Kier molecular flexibility index (Phi) is 2.55. The second-order valence-electron chi connectivity index (χ2n) is 3.91. The molecule has 0 aliphatic heterocycles. The van der Waals surface area contributed by atoms with Gasteiger partial charge in [-0.05, 0) is 19.1 Å². The van der Waals surface area contributed by atoms with E-state index in [1.807, 2.05) is 0 Å². The maximum atomic E-state index is 13.5. The van der Waals surface area contributed by atoms with E-state index in [0.29, 0.717) is 5.52 Å². The molecule has 0 fully saturated rings. The molecule has 4 nitrogen and oxygen atoms in total. The second kappa shape index (κ2) is 3.75.